The third-order valence-electron chi connectivity index (χ3n) is 3.42. The average Bonchev–Trinajstić information content (AvgIpc) is 2.90. The zero-order valence-electron chi connectivity index (χ0n) is 12.1. The van der Waals surface area contributed by atoms with E-state index in [1.54, 1.807) is 24.3 Å². The van der Waals surface area contributed by atoms with E-state index in [0.29, 0.717) is 17.9 Å². The SMILES string of the molecule is CC1(CNC(=O)c2ccccc2OCC(N)=O)CCCS1. The Hall–Kier alpha value is -1.69. The molecule has 2 amide bonds. The molecule has 1 saturated heterocycles. The Morgan fingerprint density at radius 3 is 2.86 bits per heavy atom. The Morgan fingerprint density at radius 1 is 1.43 bits per heavy atom. The van der Waals surface area contributed by atoms with Gasteiger partial charge in [0.1, 0.15) is 5.75 Å². The number of benzene rings is 1. The van der Waals surface area contributed by atoms with Gasteiger partial charge in [-0.1, -0.05) is 12.1 Å². The van der Waals surface area contributed by atoms with Crippen LogP contribution in [-0.4, -0.2) is 35.5 Å². The molecule has 1 atom stereocenters. The molecule has 0 aromatic heterocycles. The molecule has 1 aliphatic rings. The molecule has 21 heavy (non-hydrogen) atoms. The summed E-state index contributed by atoms with van der Waals surface area (Å²) in [7, 11) is 0. The van der Waals surface area contributed by atoms with Crippen LogP contribution in [0.3, 0.4) is 0 Å². The van der Waals surface area contributed by atoms with Crippen LogP contribution >= 0.6 is 11.8 Å². The molecule has 0 radical (unpaired) electrons. The van der Waals surface area contributed by atoms with Gasteiger partial charge in [0.05, 0.1) is 5.56 Å². The lowest BCUT2D eigenvalue weighted by Gasteiger charge is -2.23. The molecule has 114 valence electrons. The van der Waals surface area contributed by atoms with Gasteiger partial charge in [-0.05, 0) is 37.7 Å². The van der Waals surface area contributed by atoms with E-state index in [2.05, 4.69) is 12.2 Å². The van der Waals surface area contributed by atoms with Crippen LogP contribution in [0.2, 0.25) is 0 Å². The van der Waals surface area contributed by atoms with Crippen molar-refractivity contribution in [2.24, 2.45) is 5.73 Å². The molecule has 1 fully saturated rings. The summed E-state index contributed by atoms with van der Waals surface area (Å²) in [6.07, 6.45) is 2.30. The predicted molar refractivity (Wildman–Crippen MR) is 83.6 cm³/mol. The van der Waals surface area contributed by atoms with E-state index >= 15 is 0 Å². The Morgan fingerprint density at radius 2 is 2.19 bits per heavy atom. The van der Waals surface area contributed by atoms with Crippen molar-refractivity contribution >= 4 is 23.6 Å². The monoisotopic (exact) mass is 308 g/mol. The number of amides is 2. The normalized spacial score (nSPS) is 21.0. The molecule has 0 spiro atoms. The summed E-state index contributed by atoms with van der Waals surface area (Å²) in [6.45, 7) is 2.55. The Labute approximate surface area is 128 Å². The van der Waals surface area contributed by atoms with E-state index in [1.165, 1.54) is 6.42 Å². The van der Waals surface area contributed by atoms with E-state index in [-0.39, 0.29) is 17.3 Å². The van der Waals surface area contributed by atoms with Gasteiger partial charge in [0.25, 0.3) is 11.8 Å². The molecule has 6 heteroatoms. The van der Waals surface area contributed by atoms with Gasteiger partial charge in [-0.3, -0.25) is 9.59 Å². The molecule has 3 N–H and O–H groups in total. The number of carbonyl (C=O) groups is 2. The molecule has 1 unspecified atom stereocenters. The number of hydrogen-bond acceptors (Lipinski definition) is 4. The quantitative estimate of drug-likeness (QED) is 0.836. The third kappa shape index (κ3) is 4.39. The summed E-state index contributed by atoms with van der Waals surface area (Å²) in [4.78, 5) is 23.1. The number of nitrogens with one attached hydrogen (secondary N) is 1. The summed E-state index contributed by atoms with van der Waals surface area (Å²) in [5, 5.41) is 2.95. The topological polar surface area (TPSA) is 81.4 Å². The number of para-hydroxylation sites is 1. The van der Waals surface area contributed by atoms with E-state index in [9.17, 15) is 9.59 Å². The molecule has 0 bridgehead atoms. The summed E-state index contributed by atoms with van der Waals surface area (Å²) in [6, 6.07) is 6.85. The minimum Gasteiger partial charge on any atom is -0.483 e. The van der Waals surface area contributed by atoms with E-state index in [0.717, 1.165) is 12.2 Å². The first-order chi connectivity index (χ1) is 10.0. The first-order valence-electron chi connectivity index (χ1n) is 6.92. The standard InChI is InChI=1S/C15H20N2O3S/c1-15(7-4-8-21-15)10-17-14(19)11-5-2-3-6-12(11)20-9-13(16)18/h2-3,5-6H,4,7-10H2,1H3,(H2,16,18)(H,17,19). The third-order valence-corrected chi connectivity index (χ3v) is 4.96. The highest BCUT2D eigenvalue weighted by molar-refractivity contribution is 8.00. The number of primary amides is 1. The second-order valence-electron chi connectivity index (χ2n) is 5.34. The molecule has 1 heterocycles. The van der Waals surface area contributed by atoms with Gasteiger partial charge in [0, 0.05) is 11.3 Å². The summed E-state index contributed by atoms with van der Waals surface area (Å²) >= 11 is 1.89. The lowest BCUT2D eigenvalue weighted by Crippen LogP contribution is -2.37. The summed E-state index contributed by atoms with van der Waals surface area (Å²) < 4.78 is 5.39. The Balaban J connectivity index is 1.99. The number of nitrogens with two attached hydrogens (primary N) is 1. The number of hydrogen-bond donors (Lipinski definition) is 2. The number of ether oxygens (including phenoxy) is 1. The van der Waals surface area contributed by atoms with Crippen LogP contribution in [0.4, 0.5) is 0 Å². The lowest BCUT2D eigenvalue weighted by atomic mass is 10.1. The minimum atomic E-state index is -0.569. The van der Waals surface area contributed by atoms with Crippen molar-refractivity contribution in [3.05, 3.63) is 29.8 Å². The smallest absolute Gasteiger partial charge is 0.255 e. The van der Waals surface area contributed by atoms with Crippen molar-refractivity contribution in [3.8, 4) is 5.75 Å². The maximum absolute atomic E-state index is 12.3. The zero-order chi connectivity index (χ0) is 15.3. The first kappa shape index (κ1) is 15.7. The van der Waals surface area contributed by atoms with Gasteiger partial charge < -0.3 is 15.8 Å². The predicted octanol–water partition coefficient (Wildman–Crippen LogP) is 1.57. The van der Waals surface area contributed by atoms with Crippen LogP contribution in [0.15, 0.2) is 24.3 Å². The molecule has 1 aliphatic heterocycles. The van der Waals surface area contributed by atoms with Crippen LogP contribution in [0.5, 0.6) is 5.75 Å². The summed E-state index contributed by atoms with van der Waals surface area (Å²) in [5.41, 5.74) is 5.48. The van der Waals surface area contributed by atoms with E-state index in [1.807, 2.05) is 11.8 Å². The molecular formula is C15H20N2O3S. The maximum Gasteiger partial charge on any atom is 0.255 e. The number of carbonyl (C=O) groups excluding carboxylic acids is 2. The van der Waals surface area contributed by atoms with Gasteiger partial charge in [0.15, 0.2) is 6.61 Å². The highest BCUT2D eigenvalue weighted by Gasteiger charge is 2.30. The van der Waals surface area contributed by atoms with Crippen LogP contribution in [0.25, 0.3) is 0 Å². The highest BCUT2D eigenvalue weighted by atomic mass is 32.2. The summed E-state index contributed by atoms with van der Waals surface area (Å²) in [5.74, 6) is 0.756. The number of rotatable bonds is 6. The maximum atomic E-state index is 12.3. The average molecular weight is 308 g/mol. The van der Waals surface area contributed by atoms with Crippen molar-refractivity contribution in [3.63, 3.8) is 0 Å². The first-order valence-corrected chi connectivity index (χ1v) is 7.91. The molecule has 0 aliphatic carbocycles. The van der Waals surface area contributed by atoms with Crippen molar-refractivity contribution in [1.82, 2.24) is 5.32 Å². The van der Waals surface area contributed by atoms with Gasteiger partial charge in [-0.15, -0.1) is 0 Å². The fourth-order valence-electron chi connectivity index (χ4n) is 2.27. The number of thioether (sulfide) groups is 1. The highest BCUT2D eigenvalue weighted by Crippen LogP contribution is 2.37. The minimum absolute atomic E-state index is 0.110. The van der Waals surface area contributed by atoms with Crippen molar-refractivity contribution in [2.75, 3.05) is 18.9 Å². The molecular weight excluding hydrogens is 288 g/mol. The molecule has 1 aromatic rings. The van der Waals surface area contributed by atoms with Gasteiger partial charge in [-0.2, -0.15) is 11.8 Å². The lowest BCUT2D eigenvalue weighted by molar-refractivity contribution is -0.119. The fraction of sp³-hybridized carbons (Fsp3) is 0.467. The second kappa shape index (κ2) is 6.85. The van der Waals surface area contributed by atoms with Crippen LogP contribution in [-0.2, 0) is 4.79 Å². The van der Waals surface area contributed by atoms with Crippen LogP contribution in [0.1, 0.15) is 30.1 Å². The van der Waals surface area contributed by atoms with Crippen molar-refractivity contribution < 1.29 is 14.3 Å². The van der Waals surface area contributed by atoms with E-state index in [4.69, 9.17) is 10.5 Å². The Bertz CT molecular complexity index is 527. The van der Waals surface area contributed by atoms with Gasteiger partial charge >= 0.3 is 0 Å². The van der Waals surface area contributed by atoms with E-state index < -0.39 is 5.91 Å². The fourth-order valence-corrected chi connectivity index (χ4v) is 3.51. The zero-order valence-corrected chi connectivity index (χ0v) is 12.9. The Kier molecular flexibility index (Phi) is 5.12. The van der Waals surface area contributed by atoms with Crippen molar-refractivity contribution in [2.45, 2.75) is 24.5 Å². The second-order valence-corrected chi connectivity index (χ2v) is 7.02. The van der Waals surface area contributed by atoms with Crippen LogP contribution < -0.4 is 15.8 Å². The molecule has 2 rings (SSSR count). The molecule has 1 aromatic carbocycles. The largest absolute Gasteiger partial charge is 0.483 e. The van der Waals surface area contributed by atoms with Crippen molar-refractivity contribution in [1.29, 1.82) is 0 Å². The van der Waals surface area contributed by atoms with Crippen LogP contribution in [0, 0.1) is 0 Å². The van der Waals surface area contributed by atoms with Gasteiger partial charge in [-0.25, -0.2) is 0 Å². The van der Waals surface area contributed by atoms with Gasteiger partial charge in [0.2, 0.25) is 0 Å². The molecule has 0 saturated carbocycles. The molecule has 5 nitrogen and oxygen atoms in total.